The van der Waals surface area contributed by atoms with E-state index in [0.29, 0.717) is 41.7 Å². The molecule has 154 valence electrons. The number of rotatable bonds is 6. The van der Waals surface area contributed by atoms with Gasteiger partial charge in [-0.15, -0.1) is 0 Å². The van der Waals surface area contributed by atoms with Crippen molar-refractivity contribution in [3.8, 4) is 11.5 Å². The molecule has 0 fully saturated rings. The first-order chi connectivity index (χ1) is 14.0. The van der Waals surface area contributed by atoms with Crippen LogP contribution >= 0.6 is 0 Å². The zero-order chi connectivity index (χ0) is 20.7. The maximum absolute atomic E-state index is 13.1. The number of imidazole rings is 1. The lowest BCUT2D eigenvalue weighted by molar-refractivity contribution is 0.184. The molecule has 29 heavy (non-hydrogen) atoms. The maximum Gasteiger partial charge on any atom is 0.332 e. The topological polar surface area (TPSA) is 92.8 Å². The Hall–Kier alpha value is -3.27. The molecule has 0 spiro atoms. The predicted octanol–water partition coefficient (Wildman–Crippen LogP) is 0.712. The number of benzene rings is 1. The standard InChI is InChI=1S/C19H23N5O5/c1-21-16-15(17(25)24(19(21)26)9-10-27-2)23-8-7-22(18(23)20-16)13-11-12(28-3)5-6-14(13)29-4/h5-6,11H,7-10H2,1-4H3. The smallest absolute Gasteiger partial charge is 0.332 e. The van der Waals surface area contributed by atoms with Crippen molar-refractivity contribution in [3.63, 3.8) is 0 Å². The third-order valence-corrected chi connectivity index (χ3v) is 5.20. The summed E-state index contributed by atoms with van der Waals surface area (Å²) >= 11 is 0. The third-order valence-electron chi connectivity index (χ3n) is 5.20. The molecule has 0 aliphatic carbocycles. The van der Waals surface area contributed by atoms with E-state index in [-0.39, 0.29) is 18.7 Å². The maximum atomic E-state index is 13.1. The van der Waals surface area contributed by atoms with Crippen molar-refractivity contribution in [2.45, 2.75) is 13.1 Å². The first-order valence-electron chi connectivity index (χ1n) is 9.20. The van der Waals surface area contributed by atoms with Crippen molar-refractivity contribution in [3.05, 3.63) is 39.0 Å². The van der Waals surface area contributed by atoms with E-state index in [1.54, 1.807) is 21.3 Å². The second-order valence-corrected chi connectivity index (χ2v) is 6.72. The summed E-state index contributed by atoms with van der Waals surface area (Å²) < 4.78 is 20.3. The highest BCUT2D eigenvalue weighted by Crippen LogP contribution is 2.39. The van der Waals surface area contributed by atoms with Gasteiger partial charge in [0.2, 0.25) is 5.95 Å². The van der Waals surface area contributed by atoms with Crippen LogP contribution in [-0.4, -0.2) is 53.2 Å². The average molecular weight is 401 g/mol. The number of nitrogens with zero attached hydrogens (tertiary/aromatic N) is 5. The van der Waals surface area contributed by atoms with Gasteiger partial charge in [-0.05, 0) is 12.1 Å². The van der Waals surface area contributed by atoms with Crippen molar-refractivity contribution in [2.24, 2.45) is 7.05 Å². The lowest BCUT2D eigenvalue weighted by Gasteiger charge is -2.19. The normalized spacial score (nSPS) is 13.2. The molecule has 0 N–H and O–H groups in total. The summed E-state index contributed by atoms with van der Waals surface area (Å²) in [5, 5.41) is 0. The van der Waals surface area contributed by atoms with Crippen LogP contribution in [0.3, 0.4) is 0 Å². The van der Waals surface area contributed by atoms with E-state index < -0.39 is 5.69 Å². The predicted molar refractivity (Wildman–Crippen MR) is 108 cm³/mol. The molecule has 0 bridgehead atoms. The summed E-state index contributed by atoms with van der Waals surface area (Å²) in [5.41, 5.74) is 0.767. The van der Waals surface area contributed by atoms with Crippen LogP contribution in [0.2, 0.25) is 0 Å². The quantitative estimate of drug-likeness (QED) is 0.601. The summed E-state index contributed by atoms with van der Waals surface area (Å²) in [6.45, 7) is 1.63. The number of aryl methyl sites for hydroxylation is 1. The van der Waals surface area contributed by atoms with Gasteiger partial charge in [0.15, 0.2) is 11.2 Å². The Morgan fingerprint density at radius 3 is 2.59 bits per heavy atom. The molecule has 0 saturated carbocycles. The Balaban J connectivity index is 1.92. The Kier molecular flexibility index (Phi) is 4.79. The number of anilines is 2. The lowest BCUT2D eigenvalue weighted by Crippen LogP contribution is -2.40. The number of fused-ring (bicyclic) bond motifs is 3. The molecule has 0 radical (unpaired) electrons. The molecule has 0 atom stereocenters. The van der Waals surface area contributed by atoms with Crippen molar-refractivity contribution in [2.75, 3.05) is 39.4 Å². The highest BCUT2D eigenvalue weighted by Gasteiger charge is 2.30. The molecule has 1 aliphatic heterocycles. The third kappa shape index (κ3) is 2.87. The molecular weight excluding hydrogens is 378 g/mol. The summed E-state index contributed by atoms with van der Waals surface area (Å²) in [4.78, 5) is 32.3. The Morgan fingerprint density at radius 1 is 1.10 bits per heavy atom. The van der Waals surface area contributed by atoms with Gasteiger partial charge < -0.3 is 23.7 Å². The Labute approximate surface area is 166 Å². The number of methoxy groups -OCH3 is 3. The minimum Gasteiger partial charge on any atom is -0.497 e. The molecule has 1 aliphatic rings. The number of hydrogen-bond donors (Lipinski definition) is 0. The van der Waals surface area contributed by atoms with Crippen LogP contribution in [0.1, 0.15) is 0 Å². The fourth-order valence-corrected chi connectivity index (χ4v) is 3.69. The Bertz CT molecular complexity index is 1190. The summed E-state index contributed by atoms with van der Waals surface area (Å²) in [5.74, 6) is 1.94. The molecule has 10 heteroatoms. The van der Waals surface area contributed by atoms with Gasteiger partial charge in [-0.3, -0.25) is 13.9 Å². The number of hydrogen-bond acceptors (Lipinski definition) is 7. The first kappa shape index (κ1) is 19.1. The summed E-state index contributed by atoms with van der Waals surface area (Å²) in [6.07, 6.45) is 0. The van der Waals surface area contributed by atoms with Crippen LogP contribution in [0.15, 0.2) is 27.8 Å². The van der Waals surface area contributed by atoms with E-state index in [2.05, 4.69) is 4.98 Å². The van der Waals surface area contributed by atoms with Gasteiger partial charge in [0.05, 0.1) is 33.1 Å². The van der Waals surface area contributed by atoms with Crippen molar-refractivity contribution < 1.29 is 14.2 Å². The second-order valence-electron chi connectivity index (χ2n) is 6.72. The van der Waals surface area contributed by atoms with Gasteiger partial charge >= 0.3 is 5.69 Å². The first-order valence-corrected chi connectivity index (χ1v) is 9.20. The molecule has 3 heterocycles. The molecule has 0 unspecified atom stereocenters. The van der Waals surface area contributed by atoms with Gasteiger partial charge in [-0.1, -0.05) is 0 Å². The molecule has 10 nitrogen and oxygen atoms in total. The average Bonchev–Trinajstić information content (AvgIpc) is 3.31. The van der Waals surface area contributed by atoms with Crippen LogP contribution in [0.5, 0.6) is 11.5 Å². The van der Waals surface area contributed by atoms with Gasteiger partial charge in [0.25, 0.3) is 5.56 Å². The van der Waals surface area contributed by atoms with Crippen LogP contribution in [0.4, 0.5) is 11.6 Å². The van der Waals surface area contributed by atoms with Gasteiger partial charge in [-0.25, -0.2) is 4.79 Å². The van der Waals surface area contributed by atoms with Gasteiger partial charge in [0.1, 0.15) is 11.5 Å². The van der Waals surface area contributed by atoms with Crippen LogP contribution in [-0.2, 0) is 24.9 Å². The van der Waals surface area contributed by atoms with E-state index in [1.165, 1.54) is 16.2 Å². The van der Waals surface area contributed by atoms with E-state index >= 15 is 0 Å². The van der Waals surface area contributed by atoms with E-state index in [1.807, 2.05) is 27.7 Å². The fraction of sp³-hybridized carbons (Fsp3) is 0.421. The minimum absolute atomic E-state index is 0.186. The van der Waals surface area contributed by atoms with Crippen LogP contribution < -0.4 is 25.6 Å². The SMILES string of the molecule is COCCn1c(=O)c2c(nc3n2CCN3c2cc(OC)ccc2OC)n(C)c1=O. The number of aromatic nitrogens is 4. The molecule has 1 aromatic carbocycles. The molecule has 2 aromatic heterocycles. The summed E-state index contributed by atoms with van der Waals surface area (Å²) in [6, 6.07) is 5.51. The zero-order valence-corrected chi connectivity index (χ0v) is 16.8. The van der Waals surface area contributed by atoms with Gasteiger partial charge in [0, 0.05) is 33.3 Å². The minimum atomic E-state index is -0.415. The zero-order valence-electron chi connectivity index (χ0n) is 16.8. The molecule has 3 aromatic rings. The second kappa shape index (κ2) is 7.28. The van der Waals surface area contributed by atoms with E-state index in [9.17, 15) is 9.59 Å². The highest BCUT2D eigenvalue weighted by molar-refractivity contribution is 5.79. The van der Waals surface area contributed by atoms with Crippen molar-refractivity contribution in [1.29, 1.82) is 0 Å². The molecule has 4 rings (SSSR count). The van der Waals surface area contributed by atoms with Crippen LogP contribution in [0.25, 0.3) is 11.2 Å². The highest BCUT2D eigenvalue weighted by atomic mass is 16.5. The fourth-order valence-electron chi connectivity index (χ4n) is 3.69. The Morgan fingerprint density at radius 2 is 1.90 bits per heavy atom. The summed E-state index contributed by atoms with van der Waals surface area (Å²) in [7, 11) is 6.35. The van der Waals surface area contributed by atoms with Crippen molar-refractivity contribution in [1.82, 2.24) is 18.7 Å². The monoisotopic (exact) mass is 401 g/mol. The van der Waals surface area contributed by atoms with Crippen molar-refractivity contribution >= 4 is 22.8 Å². The molecule has 0 amide bonds. The van der Waals surface area contributed by atoms with Crippen LogP contribution in [0, 0.1) is 0 Å². The molecular formula is C19H23N5O5. The number of ether oxygens (including phenoxy) is 3. The van der Waals surface area contributed by atoms with Gasteiger partial charge in [-0.2, -0.15) is 4.98 Å². The largest absolute Gasteiger partial charge is 0.497 e. The van der Waals surface area contributed by atoms with E-state index in [0.717, 1.165) is 5.69 Å². The van der Waals surface area contributed by atoms with E-state index in [4.69, 9.17) is 14.2 Å². The lowest BCUT2D eigenvalue weighted by atomic mass is 10.2. The molecule has 0 saturated heterocycles.